The molecule has 2 aliphatic rings. The number of carboxylic acid groups (broad SMARTS) is 1. The van der Waals surface area contributed by atoms with Crippen molar-refractivity contribution >= 4 is 29.7 Å². The molecule has 2 aromatic carbocycles. The van der Waals surface area contributed by atoms with E-state index in [0.717, 1.165) is 30.4 Å². The number of thioether (sulfide) groups is 1. The van der Waals surface area contributed by atoms with Crippen LogP contribution < -0.4 is 10.6 Å². The van der Waals surface area contributed by atoms with Crippen LogP contribution in [0.25, 0.3) is 11.1 Å². The first-order valence-corrected chi connectivity index (χ1v) is 13.5. The van der Waals surface area contributed by atoms with E-state index in [2.05, 4.69) is 34.9 Å². The zero-order chi connectivity index (χ0) is 24.8. The number of fused-ring (bicyclic) bond motifs is 3. The van der Waals surface area contributed by atoms with Gasteiger partial charge in [0.1, 0.15) is 12.6 Å². The van der Waals surface area contributed by atoms with Gasteiger partial charge in [-0.05, 0) is 59.4 Å². The minimum Gasteiger partial charge on any atom is -0.480 e. The smallest absolute Gasteiger partial charge is 0.407 e. The third kappa shape index (κ3) is 5.99. The number of hydrogen-bond acceptors (Lipinski definition) is 5. The molecule has 2 aliphatic carbocycles. The second-order valence-electron chi connectivity index (χ2n) is 9.21. The second-order valence-corrected chi connectivity index (χ2v) is 10.2. The molecule has 0 saturated heterocycles. The Hall–Kier alpha value is -3.00. The van der Waals surface area contributed by atoms with Crippen molar-refractivity contribution in [3.8, 4) is 11.1 Å². The number of nitrogens with one attached hydrogen (secondary N) is 2. The van der Waals surface area contributed by atoms with Crippen molar-refractivity contribution in [2.75, 3.05) is 18.6 Å². The third-order valence-corrected chi connectivity index (χ3v) is 7.64. The van der Waals surface area contributed by atoms with Crippen molar-refractivity contribution in [3.05, 3.63) is 59.7 Å². The van der Waals surface area contributed by atoms with Crippen molar-refractivity contribution in [2.45, 2.75) is 50.1 Å². The molecule has 1 unspecified atom stereocenters. The molecule has 2 aromatic rings. The maximum atomic E-state index is 12.7. The topological polar surface area (TPSA) is 105 Å². The second kappa shape index (κ2) is 11.6. The number of aliphatic carboxylic acids is 1. The van der Waals surface area contributed by atoms with E-state index in [0.29, 0.717) is 12.2 Å². The first kappa shape index (κ1) is 25.1. The molecule has 0 bridgehead atoms. The minimum atomic E-state index is -1.02. The molecule has 3 N–H and O–H groups in total. The lowest BCUT2D eigenvalue weighted by Crippen LogP contribution is -2.44. The van der Waals surface area contributed by atoms with E-state index in [4.69, 9.17) is 4.74 Å². The van der Waals surface area contributed by atoms with E-state index in [1.165, 1.54) is 11.1 Å². The lowest BCUT2D eigenvalue weighted by molar-refractivity contribution is -0.142. The molecule has 3 atom stereocenters. The average molecular weight is 497 g/mol. The summed E-state index contributed by atoms with van der Waals surface area (Å²) in [5.41, 5.74) is 4.67. The molecule has 0 aromatic heterocycles. The molecule has 2 amide bonds. The Balaban J connectivity index is 1.30. The number of amides is 2. The summed E-state index contributed by atoms with van der Waals surface area (Å²) in [6.07, 6.45) is 4.49. The van der Waals surface area contributed by atoms with Crippen molar-refractivity contribution in [3.63, 3.8) is 0 Å². The first-order chi connectivity index (χ1) is 17.0. The Bertz CT molecular complexity index is 1030. The Morgan fingerprint density at radius 3 is 2.34 bits per heavy atom. The van der Waals surface area contributed by atoms with Crippen molar-refractivity contribution in [1.82, 2.24) is 10.6 Å². The molecule has 35 heavy (non-hydrogen) atoms. The Kier molecular flexibility index (Phi) is 8.33. The van der Waals surface area contributed by atoms with Gasteiger partial charge in [0.2, 0.25) is 5.91 Å². The van der Waals surface area contributed by atoms with Crippen LogP contribution in [0, 0.1) is 5.92 Å². The Morgan fingerprint density at radius 1 is 1.06 bits per heavy atom. The van der Waals surface area contributed by atoms with Crippen LogP contribution in [0.1, 0.15) is 49.1 Å². The monoisotopic (exact) mass is 496 g/mol. The molecular formula is C27H32N2O5S. The highest BCUT2D eigenvalue weighted by Crippen LogP contribution is 2.44. The van der Waals surface area contributed by atoms with Crippen LogP contribution in [-0.4, -0.2) is 53.8 Å². The van der Waals surface area contributed by atoms with Gasteiger partial charge in [0.15, 0.2) is 0 Å². The molecule has 0 aliphatic heterocycles. The largest absolute Gasteiger partial charge is 0.480 e. The van der Waals surface area contributed by atoms with E-state index < -0.39 is 18.1 Å². The lowest BCUT2D eigenvalue weighted by atomic mass is 9.98. The highest BCUT2D eigenvalue weighted by atomic mass is 32.2. The van der Waals surface area contributed by atoms with Gasteiger partial charge in [-0.2, -0.15) is 11.8 Å². The number of carboxylic acids is 1. The summed E-state index contributed by atoms with van der Waals surface area (Å²) >= 11 is 1.54. The summed E-state index contributed by atoms with van der Waals surface area (Å²) in [5, 5.41) is 14.9. The zero-order valence-corrected chi connectivity index (χ0v) is 20.7. The van der Waals surface area contributed by atoms with Crippen LogP contribution in [0.2, 0.25) is 0 Å². The van der Waals surface area contributed by atoms with Gasteiger partial charge in [0, 0.05) is 18.4 Å². The van der Waals surface area contributed by atoms with E-state index >= 15 is 0 Å². The maximum absolute atomic E-state index is 12.7. The first-order valence-electron chi connectivity index (χ1n) is 12.1. The summed E-state index contributed by atoms with van der Waals surface area (Å²) in [5.74, 6) is -0.693. The van der Waals surface area contributed by atoms with Gasteiger partial charge in [-0.3, -0.25) is 4.79 Å². The third-order valence-electron chi connectivity index (χ3n) is 7.00. The summed E-state index contributed by atoms with van der Waals surface area (Å²) in [7, 11) is 0. The van der Waals surface area contributed by atoms with E-state index in [1.54, 1.807) is 11.8 Å². The van der Waals surface area contributed by atoms with Gasteiger partial charge < -0.3 is 20.5 Å². The molecule has 7 nitrogen and oxygen atoms in total. The van der Waals surface area contributed by atoms with Gasteiger partial charge in [-0.25, -0.2) is 9.59 Å². The Labute approximate surface area is 210 Å². The van der Waals surface area contributed by atoms with E-state index in [-0.39, 0.29) is 36.8 Å². The molecule has 0 radical (unpaired) electrons. The fourth-order valence-electron chi connectivity index (χ4n) is 5.25. The van der Waals surface area contributed by atoms with Gasteiger partial charge in [0.25, 0.3) is 0 Å². The molecule has 8 heteroatoms. The van der Waals surface area contributed by atoms with Crippen LogP contribution >= 0.6 is 11.8 Å². The van der Waals surface area contributed by atoms with Gasteiger partial charge >= 0.3 is 12.1 Å². The quantitative estimate of drug-likeness (QED) is 0.450. The Morgan fingerprint density at radius 2 is 1.71 bits per heavy atom. The fraction of sp³-hybridized carbons (Fsp3) is 0.444. The van der Waals surface area contributed by atoms with Crippen LogP contribution in [0.4, 0.5) is 4.79 Å². The molecular weight excluding hydrogens is 464 g/mol. The van der Waals surface area contributed by atoms with Crippen LogP contribution in [0.5, 0.6) is 0 Å². The van der Waals surface area contributed by atoms with E-state index in [1.807, 2.05) is 30.5 Å². The molecule has 0 spiro atoms. The molecule has 186 valence electrons. The maximum Gasteiger partial charge on any atom is 0.407 e. The summed E-state index contributed by atoms with van der Waals surface area (Å²) < 4.78 is 5.66. The minimum absolute atomic E-state index is 0.00691. The number of benzene rings is 2. The SMILES string of the molecule is CSCCC(NC(=O)C[C@@H]1CCC[C@H]1NC(=O)OCC1c2ccccc2-c2ccccc21)C(=O)O. The van der Waals surface area contributed by atoms with Crippen molar-refractivity contribution in [2.24, 2.45) is 5.92 Å². The lowest BCUT2D eigenvalue weighted by Gasteiger charge is -2.22. The summed E-state index contributed by atoms with van der Waals surface area (Å²) in [6, 6.07) is 15.3. The molecule has 0 heterocycles. The normalized spacial score (nSPS) is 19.5. The number of ether oxygens (including phenoxy) is 1. The van der Waals surface area contributed by atoms with Crippen LogP contribution in [-0.2, 0) is 14.3 Å². The zero-order valence-electron chi connectivity index (χ0n) is 19.9. The van der Waals surface area contributed by atoms with Gasteiger partial charge in [-0.15, -0.1) is 0 Å². The van der Waals surface area contributed by atoms with Gasteiger partial charge in [0.05, 0.1) is 0 Å². The van der Waals surface area contributed by atoms with Crippen LogP contribution in [0.3, 0.4) is 0 Å². The molecule has 4 rings (SSSR count). The predicted octanol–water partition coefficient (Wildman–Crippen LogP) is 4.41. The summed E-state index contributed by atoms with van der Waals surface area (Å²) in [4.78, 5) is 36.6. The number of alkyl carbamates (subject to hydrolysis) is 1. The highest BCUT2D eigenvalue weighted by molar-refractivity contribution is 7.98. The summed E-state index contributed by atoms with van der Waals surface area (Å²) in [6.45, 7) is 0.244. The average Bonchev–Trinajstić information content (AvgIpc) is 3.42. The molecule has 1 saturated carbocycles. The number of carbonyl (C=O) groups excluding carboxylic acids is 2. The van der Waals surface area contributed by atoms with Crippen molar-refractivity contribution < 1.29 is 24.2 Å². The number of rotatable bonds is 10. The standard InChI is InChI=1S/C27H32N2O5S/c1-35-14-13-24(26(31)32)28-25(30)15-17-7-6-12-23(17)29-27(33)34-16-22-20-10-4-2-8-18(20)19-9-3-5-11-21(19)22/h2-5,8-11,17,22-24H,6-7,12-16H2,1H3,(H,28,30)(H,29,33)(H,31,32)/t17-,23+,24?/m0/s1. The highest BCUT2D eigenvalue weighted by Gasteiger charge is 2.33. The molecule has 1 fully saturated rings. The fourth-order valence-corrected chi connectivity index (χ4v) is 5.72. The van der Waals surface area contributed by atoms with Gasteiger partial charge in [-0.1, -0.05) is 55.0 Å². The number of hydrogen-bond donors (Lipinski definition) is 3. The number of carbonyl (C=O) groups is 3. The van der Waals surface area contributed by atoms with Crippen LogP contribution in [0.15, 0.2) is 48.5 Å². The van der Waals surface area contributed by atoms with Crippen molar-refractivity contribution in [1.29, 1.82) is 0 Å². The van der Waals surface area contributed by atoms with E-state index in [9.17, 15) is 19.5 Å². The predicted molar refractivity (Wildman–Crippen MR) is 137 cm³/mol.